The summed E-state index contributed by atoms with van der Waals surface area (Å²) in [7, 11) is 1.67. The predicted octanol–water partition coefficient (Wildman–Crippen LogP) is 6.22. The Morgan fingerprint density at radius 1 is 0.968 bits per heavy atom. The lowest BCUT2D eigenvalue weighted by molar-refractivity contribution is 0.415. The molecule has 0 saturated carbocycles. The largest absolute Gasteiger partial charge is 0.508 e. The van der Waals surface area contributed by atoms with E-state index in [9.17, 15) is 5.11 Å². The Morgan fingerprint density at radius 2 is 1.68 bits per heavy atom. The quantitative estimate of drug-likeness (QED) is 0.525. The zero-order chi connectivity index (χ0) is 22.0. The average Bonchev–Trinajstić information content (AvgIpc) is 3.29. The van der Waals surface area contributed by atoms with Crippen molar-refractivity contribution < 1.29 is 9.84 Å². The van der Waals surface area contributed by atoms with Gasteiger partial charge in [-0.1, -0.05) is 30.3 Å². The van der Waals surface area contributed by atoms with Gasteiger partial charge in [-0.15, -0.1) is 0 Å². The van der Waals surface area contributed by atoms with Crippen molar-refractivity contribution >= 4 is 17.4 Å². The SMILES string of the molecule is COc1ccc(/C=C/C2=NC(=C(\c3ccc(O)cc3)c3[nH]c(C)cc3C)/C(C)=C2)cc1. The summed E-state index contributed by atoms with van der Waals surface area (Å²) in [6.45, 7) is 6.24. The van der Waals surface area contributed by atoms with Gasteiger partial charge in [0, 0.05) is 11.3 Å². The summed E-state index contributed by atoms with van der Waals surface area (Å²) in [5, 5.41) is 9.76. The van der Waals surface area contributed by atoms with Crippen LogP contribution in [0.2, 0.25) is 0 Å². The minimum absolute atomic E-state index is 0.248. The normalized spacial score (nSPS) is 15.2. The summed E-state index contributed by atoms with van der Waals surface area (Å²) in [6.07, 6.45) is 6.18. The number of H-pyrrole nitrogens is 1. The van der Waals surface area contributed by atoms with Gasteiger partial charge >= 0.3 is 0 Å². The Balaban J connectivity index is 1.77. The van der Waals surface area contributed by atoms with E-state index in [-0.39, 0.29) is 5.75 Å². The van der Waals surface area contributed by atoms with Crippen LogP contribution in [0, 0.1) is 13.8 Å². The molecule has 0 saturated heterocycles. The number of benzene rings is 2. The Labute approximate surface area is 182 Å². The van der Waals surface area contributed by atoms with Gasteiger partial charge in [-0.3, -0.25) is 0 Å². The highest BCUT2D eigenvalue weighted by Crippen LogP contribution is 2.35. The monoisotopic (exact) mass is 410 g/mol. The molecule has 1 aromatic heterocycles. The molecule has 0 aliphatic carbocycles. The van der Waals surface area contributed by atoms with Gasteiger partial charge in [-0.25, -0.2) is 4.99 Å². The van der Waals surface area contributed by atoms with Gasteiger partial charge in [0.05, 0.1) is 24.2 Å². The lowest BCUT2D eigenvalue weighted by Gasteiger charge is -2.12. The average molecular weight is 411 g/mol. The van der Waals surface area contributed by atoms with E-state index in [4.69, 9.17) is 9.73 Å². The van der Waals surface area contributed by atoms with Crippen molar-refractivity contribution in [1.29, 1.82) is 0 Å². The topological polar surface area (TPSA) is 57.6 Å². The van der Waals surface area contributed by atoms with E-state index in [2.05, 4.69) is 44.0 Å². The smallest absolute Gasteiger partial charge is 0.118 e. The van der Waals surface area contributed by atoms with Crippen LogP contribution in [0.3, 0.4) is 0 Å². The van der Waals surface area contributed by atoms with Crippen LogP contribution in [0.1, 0.15) is 35.0 Å². The molecule has 0 atom stereocenters. The number of aliphatic imine (C=N–C) groups is 1. The highest BCUT2D eigenvalue weighted by molar-refractivity contribution is 6.11. The first kappa shape index (κ1) is 20.5. The second-order valence-electron chi connectivity index (χ2n) is 7.75. The number of ether oxygens (including phenoxy) is 1. The van der Waals surface area contributed by atoms with Gasteiger partial charge in [0.1, 0.15) is 11.5 Å². The molecule has 2 aromatic carbocycles. The van der Waals surface area contributed by atoms with Gasteiger partial charge in [-0.2, -0.15) is 0 Å². The summed E-state index contributed by atoms with van der Waals surface area (Å²) in [6, 6.07) is 17.4. The van der Waals surface area contributed by atoms with Crippen LogP contribution in [0.4, 0.5) is 0 Å². The molecule has 1 aliphatic rings. The summed E-state index contributed by atoms with van der Waals surface area (Å²) in [5.41, 5.74) is 9.39. The molecule has 31 heavy (non-hydrogen) atoms. The molecule has 3 aromatic rings. The van der Waals surface area contributed by atoms with E-state index in [1.54, 1.807) is 19.2 Å². The van der Waals surface area contributed by atoms with Crippen LogP contribution in [-0.2, 0) is 0 Å². The molecule has 0 unspecified atom stereocenters. The molecular formula is C27H26N2O2. The number of aromatic hydroxyl groups is 1. The maximum Gasteiger partial charge on any atom is 0.118 e. The zero-order valence-electron chi connectivity index (χ0n) is 18.2. The third kappa shape index (κ3) is 4.38. The van der Waals surface area contributed by atoms with Crippen molar-refractivity contribution in [2.24, 2.45) is 4.99 Å². The molecule has 0 bridgehead atoms. The van der Waals surface area contributed by atoms with Crippen LogP contribution in [0.15, 0.2) is 83.0 Å². The highest BCUT2D eigenvalue weighted by atomic mass is 16.5. The van der Waals surface area contributed by atoms with Gasteiger partial charge in [0.2, 0.25) is 0 Å². The highest BCUT2D eigenvalue weighted by Gasteiger charge is 2.20. The third-order valence-electron chi connectivity index (χ3n) is 5.33. The van der Waals surface area contributed by atoms with Crippen LogP contribution in [-0.4, -0.2) is 22.9 Å². The zero-order valence-corrected chi connectivity index (χ0v) is 18.2. The fourth-order valence-electron chi connectivity index (χ4n) is 3.79. The summed E-state index contributed by atoms with van der Waals surface area (Å²) < 4.78 is 5.22. The summed E-state index contributed by atoms with van der Waals surface area (Å²) in [5.74, 6) is 1.09. The number of aryl methyl sites for hydroxylation is 2. The second-order valence-corrected chi connectivity index (χ2v) is 7.75. The van der Waals surface area contributed by atoms with Crippen LogP contribution in [0.5, 0.6) is 11.5 Å². The molecule has 1 aliphatic heterocycles. The Kier molecular flexibility index (Phi) is 5.63. The fourth-order valence-corrected chi connectivity index (χ4v) is 3.79. The van der Waals surface area contributed by atoms with E-state index >= 15 is 0 Å². The Bertz CT molecular complexity index is 1220. The number of aromatic nitrogens is 1. The number of rotatable bonds is 5. The summed E-state index contributed by atoms with van der Waals surface area (Å²) in [4.78, 5) is 8.45. The minimum atomic E-state index is 0.248. The maximum atomic E-state index is 9.76. The number of hydrogen-bond donors (Lipinski definition) is 2. The predicted molar refractivity (Wildman–Crippen MR) is 128 cm³/mol. The van der Waals surface area contributed by atoms with Gasteiger partial charge < -0.3 is 14.8 Å². The molecule has 0 amide bonds. The van der Waals surface area contributed by atoms with Crippen LogP contribution < -0.4 is 4.74 Å². The van der Waals surface area contributed by atoms with Crippen molar-refractivity contribution in [2.45, 2.75) is 20.8 Å². The minimum Gasteiger partial charge on any atom is -0.508 e. The number of nitrogens with one attached hydrogen (secondary N) is 1. The molecule has 2 heterocycles. The lowest BCUT2D eigenvalue weighted by Crippen LogP contribution is -1.96. The third-order valence-corrected chi connectivity index (χ3v) is 5.33. The van der Waals surface area contributed by atoms with E-state index in [0.29, 0.717) is 0 Å². The van der Waals surface area contributed by atoms with E-state index in [1.165, 1.54) is 5.56 Å². The standard InChI is InChI=1S/C27H26N2O2/c1-17-15-19(3)28-26(17)25(21-8-11-23(30)12-9-21)27-18(2)16-22(29-27)10-5-20-6-13-24(31-4)14-7-20/h5-16,28,30H,1-4H3/b10-5+,27-25+. The first-order chi connectivity index (χ1) is 14.9. The molecule has 2 N–H and O–H groups in total. The van der Waals surface area contributed by atoms with E-state index < -0.39 is 0 Å². The second kappa shape index (κ2) is 8.52. The van der Waals surface area contributed by atoms with E-state index in [0.717, 1.165) is 50.8 Å². The number of phenolic OH excluding ortho intramolecular Hbond substituents is 1. The molecule has 0 fully saturated rings. The fraction of sp³-hybridized carbons (Fsp3) is 0.148. The molecule has 0 spiro atoms. The van der Waals surface area contributed by atoms with Crippen LogP contribution in [0.25, 0.3) is 11.6 Å². The van der Waals surface area contributed by atoms with Crippen molar-refractivity contribution in [3.63, 3.8) is 0 Å². The molecule has 4 rings (SSSR count). The van der Waals surface area contributed by atoms with Gasteiger partial charge in [0.25, 0.3) is 0 Å². The number of nitrogens with zero attached hydrogens (tertiary/aromatic N) is 1. The maximum absolute atomic E-state index is 9.76. The Hall–Kier alpha value is -3.79. The van der Waals surface area contributed by atoms with Crippen molar-refractivity contribution in [1.82, 2.24) is 4.98 Å². The van der Waals surface area contributed by atoms with E-state index in [1.807, 2.05) is 42.5 Å². The number of allylic oxidation sites excluding steroid dienone is 3. The summed E-state index contributed by atoms with van der Waals surface area (Å²) >= 11 is 0. The Morgan fingerprint density at radius 3 is 2.29 bits per heavy atom. The molecule has 156 valence electrons. The molecule has 4 heteroatoms. The van der Waals surface area contributed by atoms with Gasteiger partial charge in [-0.05, 0) is 85.5 Å². The van der Waals surface area contributed by atoms with Crippen molar-refractivity contribution in [3.05, 3.63) is 106 Å². The molecule has 4 nitrogen and oxygen atoms in total. The van der Waals surface area contributed by atoms with Gasteiger partial charge in [0.15, 0.2) is 0 Å². The molecule has 0 radical (unpaired) electrons. The lowest BCUT2D eigenvalue weighted by atomic mass is 9.96. The first-order valence-corrected chi connectivity index (χ1v) is 10.2. The number of aromatic amines is 1. The number of phenols is 1. The van der Waals surface area contributed by atoms with Crippen molar-refractivity contribution in [3.8, 4) is 11.5 Å². The first-order valence-electron chi connectivity index (χ1n) is 10.2. The number of hydrogen-bond acceptors (Lipinski definition) is 3. The number of methoxy groups -OCH3 is 1. The molecular weight excluding hydrogens is 384 g/mol. The van der Waals surface area contributed by atoms with Crippen molar-refractivity contribution in [2.75, 3.05) is 7.11 Å². The van der Waals surface area contributed by atoms with Crippen LogP contribution >= 0.6 is 0 Å².